The summed E-state index contributed by atoms with van der Waals surface area (Å²) in [6.45, 7) is 3.43. The zero-order valence-corrected chi connectivity index (χ0v) is 8.17. The standard InChI is InChI=1S/C10H11ClO2/c1-7-4-8(2-3-10(7)11)12-5-9-6-13-9/h2-4,9H,5-6H2,1H3/t9-/m1/s1. The van der Waals surface area contributed by atoms with Crippen LogP contribution in [0.4, 0.5) is 0 Å². The lowest BCUT2D eigenvalue weighted by Crippen LogP contribution is -2.03. The van der Waals surface area contributed by atoms with E-state index in [-0.39, 0.29) is 0 Å². The molecule has 70 valence electrons. The van der Waals surface area contributed by atoms with Gasteiger partial charge in [-0.1, -0.05) is 11.6 Å². The number of rotatable bonds is 3. The van der Waals surface area contributed by atoms with Gasteiger partial charge in [0.2, 0.25) is 0 Å². The summed E-state index contributed by atoms with van der Waals surface area (Å²) in [5.74, 6) is 0.859. The second-order valence-corrected chi connectivity index (χ2v) is 3.58. The monoisotopic (exact) mass is 198 g/mol. The topological polar surface area (TPSA) is 21.8 Å². The molecule has 0 spiro atoms. The van der Waals surface area contributed by atoms with Crippen molar-refractivity contribution in [3.8, 4) is 5.75 Å². The van der Waals surface area contributed by atoms with E-state index in [4.69, 9.17) is 21.1 Å². The van der Waals surface area contributed by atoms with Gasteiger partial charge < -0.3 is 9.47 Å². The van der Waals surface area contributed by atoms with Gasteiger partial charge in [-0.05, 0) is 30.7 Å². The van der Waals surface area contributed by atoms with Crippen molar-refractivity contribution in [1.29, 1.82) is 0 Å². The smallest absolute Gasteiger partial charge is 0.119 e. The molecule has 0 radical (unpaired) electrons. The van der Waals surface area contributed by atoms with Crippen molar-refractivity contribution >= 4 is 11.6 Å². The van der Waals surface area contributed by atoms with Crippen molar-refractivity contribution in [3.05, 3.63) is 28.8 Å². The Morgan fingerprint density at radius 1 is 1.62 bits per heavy atom. The second kappa shape index (κ2) is 3.56. The number of hydrogen-bond acceptors (Lipinski definition) is 2. The first kappa shape index (κ1) is 8.85. The van der Waals surface area contributed by atoms with Crippen LogP contribution in [-0.4, -0.2) is 19.3 Å². The molecule has 1 aliphatic heterocycles. The zero-order valence-electron chi connectivity index (χ0n) is 7.42. The fourth-order valence-electron chi connectivity index (χ4n) is 1.06. The molecule has 13 heavy (non-hydrogen) atoms. The summed E-state index contributed by atoms with van der Waals surface area (Å²) in [5, 5.41) is 0.773. The normalized spacial score (nSPS) is 20.0. The van der Waals surface area contributed by atoms with Gasteiger partial charge >= 0.3 is 0 Å². The molecule has 0 amide bonds. The predicted octanol–water partition coefficient (Wildman–Crippen LogP) is 2.43. The lowest BCUT2D eigenvalue weighted by atomic mass is 10.2. The Morgan fingerprint density at radius 2 is 2.38 bits per heavy atom. The molecule has 0 saturated carbocycles. The number of ether oxygens (including phenoxy) is 2. The predicted molar refractivity (Wildman–Crippen MR) is 51.4 cm³/mol. The maximum atomic E-state index is 5.88. The molecule has 0 bridgehead atoms. The highest BCUT2D eigenvalue weighted by molar-refractivity contribution is 6.31. The molecule has 1 aromatic carbocycles. The van der Waals surface area contributed by atoms with Crippen molar-refractivity contribution in [2.75, 3.05) is 13.2 Å². The van der Waals surface area contributed by atoms with Crippen LogP contribution in [0.2, 0.25) is 5.02 Å². The average Bonchev–Trinajstić information content (AvgIpc) is 2.91. The first-order chi connectivity index (χ1) is 6.25. The third-order valence-electron chi connectivity index (χ3n) is 1.97. The third kappa shape index (κ3) is 2.36. The summed E-state index contributed by atoms with van der Waals surface area (Å²) in [6.07, 6.45) is 0.302. The molecule has 0 N–H and O–H groups in total. The maximum Gasteiger partial charge on any atom is 0.119 e. The summed E-state index contributed by atoms with van der Waals surface area (Å²) in [5.41, 5.74) is 1.04. The van der Waals surface area contributed by atoms with E-state index in [0.717, 1.165) is 22.9 Å². The Hall–Kier alpha value is -0.730. The van der Waals surface area contributed by atoms with Crippen LogP contribution in [0.15, 0.2) is 18.2 Å². The largest absolute Gasteiger partial charge is 0.491 e. The molecule has 1 atom stereocenters. The molecule has 0 aliphatic carbocycles. The molecule has 2 nitrogen and oxygen atoms in total. The fourth-order valence-corrected chi connectivity index (χ4v) is 1.18. The molecule has 1 saturated heterocycles. The summed E-state index contributed by atoms with van der Waals surface area (Å²) in [6, 6.07) is 5.66. The molecule has 1 aromatic rings. The average molecular weight is 199 g/mol. The van der Waals surface area contributed by atoms with E-state index in [1.807, 2.05) is 25.1 Å². The molecular weight excluding hydrogens is 188 g/mol. The third-order valence-corrected chi connectivity index (χ3v) is 2.39. The van der Waals surface area contributed by atoms with E-state index in [1.54, 1.807) is 0 Å². The number of hydrogen-bond donors (Lipinski definition) is 0. The molecule has 1 heterocycles. The quantitative estimate of drug-likeness (QED) is 0.696. The van der Waals surface area contributed by atoms with Gasteiger partial charge in [0.25, 0.3) is 0 Å². The summed E-state index contributed by atoms with van der Waals surface area (Å²) >= 11 is 5.88. The van der Waals surface area contributed by atoms with E-state index in [1.165, 1.54) is 0 Å². The molecule has 3 heteroatoms. The Balaban J connectivity index is 1.98. The van der Waals surface area contributed by atoms with Gasteiger partial charge in [-0.25, -0.2) is 0 Å². The van der Waals surface area contributed by atoms with Gasteiger partial charge in [-0.2, -0.15) is 0 Å². The van der Waals surface area contributed by atoms with Crippen LogP contribution < -0.4 is 4.74 Å². The number of epoxide rings is 1. The van der Waals surface area contributed by atoms with Gasteiger partial charge in [0.1, 0.15) is 18.5 Å². The van der Waals surface area contributed by atoms with Crippen molar-refractivity contribution in [2.45, 2.75) is 13.0 Å². The van der Waals surface area contributed by atoms with Gasteiger partial charge in [0.15, 0.2) is 0 Å². The van der Waals surface area contributed by atoms with E-state index >= 15 is 0 Å². The Morgan fingerprint density at radius 3 is 3.00 bits per heavy atom. The number of halogens is 1. The van der Waals surface area contributed by atoms with Gasteiger partial charge in [0.05, 0.1) is 6.61 Å². The minimum absolute atomic E-state index is 0.302. The minimum atomic E-state index is 0.302. The molecule has 0 unspecified atom stereocenters. The van der Waals surface area contributed by atoms with Crippen LogP contribution in [0.3, 0.4) is 0 Å². The van der Waals surface area contributed by atoms with Crippen LogP contribution in [0.1, 0.15) is 5.56 Å². The molecule has 0 aromatic heterocycles. The zero-order chi connectivity index (χ0) is 9.26. The second-order valence-electron chi connectivity index (χ2n) is 3.18. The van der Waals surface area contributed by atoms with Crippen molar-refractivity contribution in [2.24, 2.45) is 0 Å². The van der Waals surface area contributed by atoms with Gasteiger partial charge in [-0.15, -0.1) is 0 Å². The number of aryl methyl sites for hydroxylation is 1. The lowest BCUT2D eigenvalue weighted by Gasteiger charge is -2.05. The molecule has 1 fully saturated rings. The highest BCUT2D eigenvalue weighted by Gasteiger charge is 2.22. The van der Waals surface area contributed by atoms with Crippen LogP contribution in [0, 0.1) is 6.92 Å². The van der Waals surface area contributed by atoms with Crippen LogP contribution in [-0.2, 0) is 4.74 Å². The fraction of sp³-hybridized carbons (Fsp3) is 0.400. The van der Waals surface area contributed by atoms with Crippen LogP contribution in [0.5, 0.6) is 5.75 Å². The van der Waals surface area contributed by atoms with Gasteiger partial charge in [0, 0.05) is 5.02 Å². The van der Waals surface area contributed by atoms with Crippen LogP contribution in [0.25, 0.3) is 0 Å². The van der Waals surface area contributed by atoms with E-state index in [0.29, 0.717) is 12.7 Å². The highest BCUT2D eigenvalue weighted by atomic mass is 35.5. The molecular formula is C10H11ClO2. The number of benzene rings is 1. The summed E-state index contributed by atoms with van der Waals surface area (Å²) < 4.78 is 10.5. The van der Waals surface area contributed by atoms with Crippen molar-refractivity contribution < 1.29 is 9.47 Å². The Bertz CT molecular complexity index is 308. The van der Waals surface area contributed by atoms with E-state index in [9.17, 15) is 0 Å². The summed E-state index contributed by atoms with van der Waals surface area (Å²) in [7, 11) is 0. The first-order valence-corrected chi connectivity index (χ1v) is 4.64. The highest BCUT2D eigenvalue weighted by Crippen LogP contribution is 2.22. The Labute approximate surface area is 82.4 Å². The van der Waals surface area contributed by atoms with Crippen LogP contribution >= 0.6 is 11.6 Å². The lowest BCUT2D eigenvalue weighted by molar-refractivity contribution is 0.263. The maximum absolute atomic E-state index is 5.88. The first-order valence-electron chi connectivity index (χ1n) is 4.26. The summed E-state index contributed by atoms with van der Waals surface area (Å²) in [4.78, 5) is 0. The van der Waals surface area contributed by atoms with E-state index < -0.39 is 0 Å². The SMILES string of the molecule is Cc1cc(OC[C@@H]2CO2)ccc1Cl. The minimum Gasteiger partial charge on any atom is -0.491 e. The van der Waals surface area contributed by atoms with E-state index in [2.05, 4.69) is 0 Å². The van der Waals surface area contributed by atoms with Crippen molar-refractivity contribution in [1.82, 2.24) is 0 Å². The Kier molecular flexibility index (Phi) is 2.42. The molecule has 2 rings (SSSR count). The molecule has 1 aliphatic rings. The van der Waals surface area contributed by atoms with Crippen molar-refractivity contribution in [3.63, 3.8) is 0 Å². The van der Waals surface area contributed by atoms with Gasteiger partial charge in [-0.3, -0.25) is 0 Å².